The van der Waals surface area contributed by atoms with E-state index in [1.54, 1.807) is 24.3 Å². The molecule has 1 unspecified atom stereocenters. The van der Waals surface area contributed by atoms with Crippen molar-refractivity contribution in [3.05, 3.63) is 65.7 Å². The molecule has 0 saturated heterocycles. The number of aromatic nitrogens is 3. The van der Waals surface area contributed by atoms with Crippen LogP contribution < -0.4 is 20.3 Å². The zero-order valence-electron chi connectivity index (χ0n) is 17.9. The Balaban J connectivity index is 1.68. The van der Waals surface area contributed by atoms with Gasteiger partial charge < -0.3 is 9.47 Å². The van der Waals surface area contributed by atoms with Gasteiger partial charge in [-0.3, -0.25) is 20.4 Å². The number of ether oxygens (including phenoxy) is 2. The predicted molar refractivity (Wildman–Crippen MR) is 110 cm³/mol. The minimum Gasteiger partial charge on any atom is -0.494 e. The van der Waals surface area contributed by atoms with Gasteiger partial charge in [0.1, 0.15) is 17.3 Å². The van der Waals surface area contributed by atoms with Gasteiger partial charge in [-0.15, -0.1) is 5.10 Å². The molecule has 0 fully saturated rings. The van der Waals surface area contributed by atoms with Crippen LogP contribution in [-0.4, -0.2) is 39.5 Å². The van der Waals surface area contributed by atoms with Crippen LogP contribution in [0.15, 0.2) is 48.5 Å². The zero-order valence-corrected chi connectivity index (χ0v) is 17.9. The normalized spacial score (nSPS) is 12.1. The number of hydrogen-bond donors (Lipinski definition) is 2. The largest absolute Gasteiger partial charge is 0.494 e. The first-order valence-electron chi connectivity index (χ1n) is 9.88. The first kappa shape index (κ1) is 24.5. The number of alkyl halides is 3. The minimum absolute atomic E-state index is 0.165. The maximum atomic E-state index is 13.6. The molecular weight excluding hydrogens is 462 g/mol. The Morgan fingerprint density at radius 1 is 1.03 bits per heavy atom. The van der Waals surface area contributed by atoms with E-state index >= 15 is 0 Å². The predicted octanol–water partition coefficient (Wildman–Crippen LogP) is 3.05. The van der Waals surface area contributed by atoms with Gasteiger partial charge in [-0.05, 0) is 62.4 Å². The van der Waals surface area contributed by atoms with Crippen molar-refractivity contribution in [1.82, 2.24) is 25.8 Å². The van der Waals surface area contributed by atoms with Crippen LogP contribution in [-0.2, 0) is 11.0 Å². The zero-order chi connectivity index (χ0) is 24.9. The van der Waals surface area contributed by atoms with E-state index in [2.05, 4.69) is 10.3 Å². The van der Waals surface area contributed by atoms with Gasteiger partial charge in [0.25, 0.3) is 11.8 Å². The number of carbonyl (C=O) groups excluding carboxylic acids is 2. The van der Waals surface area contributed by atoms with Crippen molar-refractivity contribution >= 4 is 11.8 Å². The van der Waals surface area contributed by atoms with Crippen molar-refractivity contribution in [1.29, 1.82) is 0 Å². The molecule has 0 aliphatic rings. The smallest absolute Gasteiger partial charge is 0.435 e. The summed E-state index contributed by atoms with van der Waals surface area (Å²) in [5.74, 6) is -1.92. The highest BCUT2D eigenvalue weighted by atomic mass is 19.4. The van der Waals surface area contributed by atoms with Crippen LogP contribution in [0.4, 0.5) is 17.6 Å². The molecule has 2 amide bonds. The number of hydrogen-bond acceptors (Lipinski definition) is 6. The molecule has 1 aromatic heterocycles. The third-order valence-corrected chi connectivity index (χ3v) is 4.34. The summed E-state index contributed by atoms with van der Waals surface area (Å²) < 4.78 is 65.1. The minimum atomic E-state index is -5.03. The summed E-state index contributed by atoms with van der Waals surface area (Å²) in [6.07, 6.45) is -6.13. The highest BCUT2D eigenvalue weighted by Gasteiger charge is 2.42. The Hall–Kier alpha value is -4.16. The monoisotopic (exact) mass is 481 g/mol. The van der Waals surface area contributed by atoms with E-state index in [-0.39, 0.29) is 5.69 Å². The second-order valence-electron chi connectivity index (χ2n) is 6.78. The number of rotatable bonds is 7. The molecule has 0 spiro atoms. The average molecular weight is 481 g/mol. The fourth-order valence-electron chi connectivity index (χ4n) is 2.77. The summed E-state index contributed by atoms with van der Waals surface area (Å²) in [5.41, 5.74) is 1.10. The van der Waals surface area contributed by atoms with Crippen molar-refractivity contribution in [2.24, 2.45) is 0 Å². The van der Waals surface area contributed by atoms with E-state index in [1.807, 2.05) is 17.8 Å². The summed E-state index contributed by atoms with van der Waals surface area (Å²) in [5, 5.41) is 6.65. The summed E-state index contributed by atoms with van der Waals surface area (Å²) in [6, 6.07) is 10.4. The number of benzene rings is 2. The van der Waals surface area contributed by atoms with Crippen molar-refractivity contribution in [2.45, 2.75) is 26.1 Å². The molecule has 2 aromatic carbocycles. The van der Waals surface area contributed by atoms with E-state index in [9.17, 15) is 27.2 Å². The standard InChI is InChI=1S/C21H19F4N5O4/c1-3-33-15-8-10-16(11-9-15)34-12(2)19(31)27-28-20(32)17-18(21(23,24)25)30(29-26-17)14-6-4-13(22)5-7-14/h4-12H,3H2,1-2H3,(H,27,31)(H,28,32). The molecule has 0 aliphatic heterocycles. The fourth-order valence-corrected chi connectivity index (χ4v) is 2.77. The van der Waals surface area contributed by atoms with Crippen LogP contribution >= 0.6 is 0 Å². The third kappa shape index (κ3) is 5.79. The molecule has 13 heteroatoms. The molecule has 0 aliphatic carbocycles. The summed E-state index contributed by atoms with van der Waals surface area (Å²) in [6.45, 7) is 3.68. The average Bonchev–Trinajstić information content (AvgIpc) is 3.25. The van der Waals surface area contributed by atoms with Gasteiger partial charge in [0.15, 0.2) is 17.5 Å². The topological polar surface area (TPSA) is 107 Å². The van der Waals surface area contributed by atoms with Crippen molar-refractivity contribution in [2.75, 3.05) is 6.61 Å². The van der Waals surface area contributed by atoms with Gasteiger partial charge >= 0.3 is 6.18 Å². The van der Waals surface area contributed by atoms with Crippen molar-refractivity contribution in [3.63, 3.8) is 0 Å². The number of carbonyl (C=O) groups is 2. The SMILES string of the molecule is CCOc1ccc(OC(C)C(=O)NNC(=O)c2nnn(-c3ccc(F)cc3)c2C(F)(F)F)cc1. The van der Waals surface area contributed by atoms with Crippen molar-refractivity contribution < 1.29 is 36.6 Å². The van der Waals surface area contributed by atoms with Crippen LogP contribution in [0.2, 0.25) is 0 Å². The highest BCUT2D eigenvalue weighted by molar-refractivity contribution is 5.95. The maximum Gasteiger partial charge on any atom is 0.435 e. The van der Waals surface area contributed by atoms with Crippen molar-refractivity contribution in [3.8, 4) is 17.2 Å². The van der Waals surface area contributed by atoms with Crippen LogP contribution in [0.3, 0.4) is 0 Å². The maximum absolute atomic E-state index is 13.6. The molecule has 1 atom stereocenters. The Kier molecular flexibility index (Phi) is 7.34. The second kappa shape index (κ2) is 10.2. The molecule has 2 N–H and O–H groups in total. The molecule has 0 radical (unpaired) electrons. The number of halogens is 4. The van der Waals surface area contributed by atoms with Gasteiger partial charge in [0.05, 0.1) is 12.3 Å². The van der Waals surface area contributed by atoms with E-state index in [0.717, 1.165) is 24.3 Å². The summed E-state index contributed by atoms with van der Waals surface area (Å²) >= 11 is 0. The number of hydrazine groups is 1. The van der Waals surface area contributed by atoms with Crippen LogP contribution in [0.25, 0.3) is 5.69 Å². The number of nitrogens with one attached hydrogen (secondary N) is 2. The van der Waals surface area contributed by atoms with Crippen LogP contribution in [0.1, 0.15) is 30.0 Å². The molecule has 0 bridgehead atoms. The molecular formula is C21H19F4N5O4. The van der Waals surface area contributed by atoms with Crippen LogP contribution in [0, 0.1) is 5.82 Å². The molecule has 3 aromatic rings. The summed E-state index contributed by atoms with van der Waals surface area (Å²) in [7, 11) is 0. The molecule has 34 heavy (non-hydrogen) atoms. The summed E-state index contributed by atoms with van der Waals surface area (Å²) in [4.78, 5) is 24.6. The lowest BCUT2D eigenvalue weighted by atomic mass is 10.2. The first-order valence-corrected chi connectivity index (χ1v) is 9.88. The molecule has 0 saturated carbocycles. The van der Waals surface area contributed by atoms with E-state index in [4.69, 9.17) is 9.47 Å². The lowest BCUT2D eigenvalue weighted by Gasteiger charge is -2.15. The molecule has 3 rings (SSSR count). The first-order chi connectivity index (χ1) is 16.1. The Morgan fingerprint density at radius 3 is 2.24 bits per heavy atom. The number of amides is 2. The molecule has 180 valence electrons. The Bertz CT molecular complexity index is 1150. The van der Waals surface area contributed by atoms with Gasteiger partial charge in [0, 0.05) is 0 Å². The van der Waals surface area contributed by atoms with E-state index < -0.39 is 41.3 Å². The van der Waals surface area contributed by atoms with Crippen LogP contribution in [0.5, 0.6) is 11.5 Å². The molecule has 1 heterocycles. The lowest BCUT2D eigenvalue weighted by molar-refractivity contribution is -0.143. The fraction of sp³-hybridized carbons (Fsp3) is 0.238. The van der Waals surface area contributed by atoms with E-state index in [1.165, 1.54) is 6.92 Å². The lowest BCUT2D eigenvalue weighted by Crippen LogP contribution is -2.47. The molecule has 9 nitrogen and oxygen atoms in total. The third-order valence-electron chi connectivity index (χ3n) is 4.34. The van der Waals surface area contributed by atoms with Gasteiger partial charge in [-0.25, -0.2) is 9.07 Å². The van der Waals surface area contributed by atoms with Gasteiger partial charge in [0.2, 0.25) is 0 Å². The Labute approximate surface area is 190 Å². The quantitative estimate of drug-likeness (QED) is 0.397. The van der Waals surface area contributed by atoms with Gasteiger partial charge in [-0.1, -0.05) is 5.21 Å². The Morgan fingerprint density at radius 2 is 1.65 bits per heavy atom. The second-order valence-corrected chi connectivity index (χ2v) is 6.78. The number of nitrogens with zero attached hydrogens (tertiary/aromatic N) is 3. The van der Waals surface area contributed by atoms with Gasteiger partial charge in [-0.2, -0.15) is 13.2 Å². The van der Waals surface area contributed by atoms with E-state index in [0.29, 0.717) is 22.8 Å². The highest BCUT2D eigenvalue weighted by Crippen LogP contribution is 2.32.